The average molecular weight is 454 g/mol. The Morgan fingerprint density at radius 2 is 1.65 bits per heavy atom. The zero-order valence-corrected chi connectivity index (χ0v) is 19.1. The van der Waals surface area contributed by atoms with Crippen molar-refractivity contribution in [3.63, 3.8) is 0 Å². The van der Waals surface area contributed by atoms with Gasteiger partial charge in [0, 0.05) is 22.9 Å². The zero-order valence-electron chi connectivity index (χ0n) is 19.1. The fourth-order valence-corrected chi connectivity index (χ4v) is 5.71. The van der Waals surface area contributed by atoms with Gasteiger partial charge in [-0.2, -0.15) is 4.52 Å². The van der Waals surface area contributed by atoms with Crippen LogP contribution < -0.4 is 9.47 Å². The molecule has 0 saturated heterocycles. The van der Waals surface area contributed by atoms with Gasteiger partial charge in [-0.25, -0.2) is 0 Å². The van der Waals surface area contributed by atoms with Crippen molar-refractivity contribution < 1.29 is 9.47 Å². The molecule has 3 heterocycles. The summed E-state index contributed by atoms with van der Waals surface area (Å²) >= 11 is 0. The Balaban J connectivity index is 1.30. The zero-order chi connectivity index (χ0) is 22.5. The van der Waals surface area contributed by atoms with Crippen LogP contribution in [0.1, 0.15) is 73.6 Å². The molecule has 0 aliphatic heterocycles. The molecular formula is C27H27N5O2. The molecule has 0 amide bonds. The highest BCUT2D eigenvalue weighted by atomic mass is 16.5. The number of hydrogen-bond acceptors (Lipinski definition) is 6. The van der Waals surface area contributed by atoms with Gasteiger partial charge in [-0.3, -0.25) is 4.98 Å². The van der Waals surface area contributed by atoms with Crippen LogP contribution >= 0.6 is 0 Å². The molecule has 2 saturated carbocycles. The highest BCUT2D eigenvalue weighted by Gasteiger charge is 2.39. The Morgan fingerprint density at radius 3 is 2.41 bits per heavy atom. The van der Waals surface area contributed by atoms with Gasteiger partial charge in [0.25, 0.3) is 0 Å². The number of ether oxygens (including phenoxy) is 2. The van der Waals surface area contributed by atoms with E-state index < -0.39 is 0 Å². The quantitative estimate of drug-likeness (QED) is 0.386. The minimum Gasteiger partial charge on any atom is -0.488 e. The van der Waals surface area contributed by atoms with E-state index in [4.69, 9.17) is 14.6 Å². The van der Waals surface area contributed by atoms with Crippen molar-refractivity contribution in [1.82, 2.24) is 24.8 Å². The molecule has 4 aliphatic rings. The molecule has 4 aromatic rings. The molecule has 7 heteroatoms. The van der Waals surface area contributed by atoms with Crippen molar-refractivity contribution >= 4 is 5.65 Å². The van der Waals surface area contributed by atoms with Gasteiger partial charge >= 0.3 is 0 Å². The molecule has 4 aliphatic carbocycles. The van der Waals surface area contributed by atoms with Gasteiger partial charge in [-0.15, -0.1) is 15.3 Å². The summed E-state index contributed by atoms with van der Waals surface area (Å²) in [5, 5.41) is 14.1. The maximum atomic E-state index is 6.46. The number of aromatic nitrogens is 5. The third-order valence-corrected chi connectivity index (χ3v) is 7.71. The lowest BCUT2D eigenvalue weighted by Gasteiger charge is -2.38. The summed E-state index contributed by atoms with van der Waals surface area (Å²) in [6, 6.07) is 14.0. The van der Waals surface area contributed by atoms with Gasteiger partial charge in [0.05, 0.1) is 6.10 Å². The van der Waals surface area contributed by atoms with Crippen molar-refractivity contribution in [2.45, 2.75) is 69.5 Å². The topological polar surface area (TPSA) is 74.4 Å². The first kappa shape index (κ1) is 19.9. The number of benzene rings is 1. The molecule has 172 valence electrons. The fraction of sp³-hybridized carbons (Fsp3) is 0.407. The molecule has 7 nitrogen and oxygen atoms in total. The van der Waals surface area contributed by atoms with Crippen LogP contribution in [0.2, 0.25) is 0 Å². The molecular weight excluding hydrogens is 426 g/mol. The molecule has 0 radical (unpaired) electrons. The molecule has 3 aromatic heterocycles. The molecule has 8 rings (SSSR count). The maximum absolute atomic E-state index is 6.46. The van der Waals surface area contributed by atoms with E-state index in [0.29, 0.717) is 30.4 Å². The van der Waals surface area contributed by atoms with Crippen molar-refractivity contribution in [1.29, 1.82) is 0 Å². The first-order valence-corrected chi connectivity index (χ1v) is 12.4. The Bertz CT molecular complexity index is 1340. The third-order valence-electron chi connectivity index (χ3n) is 7.71. The number of nitrogens with zero attached hydrogens (tertiary/aromatic N) is 5. The smallest absolute Gasteiger partial charge is 0.236 e. The van der Waals surface area contributed by atoms with Crippen molar-refractivity contribution in [2.24, 2.45) is 0 Å². The minimum absolute atomic E-state index is 0.298. The maximum Gasteiger partial charge on any atom is 0.236 e. The summed E-state index contributed by atoms with van der Waals surface area (Å²) in [6.45, 7) is 0.327. The molecule has 2 bridgehead atoms. The van der Waals surface area contributed by atoms with Crippen LogP contribution in [0.25, 0.3) is 17.0 Å². The average Bonchev–Trinajstić information content (AvgIpc) is 3.30. The van der Waals surface area contributed by atoms with Crippen LogP contribution in [0.5, 0.6) is 11.6 Å². The largest absolute Gasteiger partial charge is 0.488 e. The number of rotatable bonds is 6. The Labute approximate surface area is 198 Å². The number of pyridine rings is 1. The van der Waals surface area contributed by atoms with Crippen LogP contribution in [0.4, 0.5) is 0 Å². The Hall–Kier alpha value is -3.48. The van der Waals surface area contributed by atoms with Gasteiger partial charge < -0.3 is 9.47 Å². The molecule has 1 aromatic carbocycles. The fourth-order valence-electron chi connectivity index (χ4n) is 5.71. The van der Waals surface area contributed by atoms with Gasteiger partial charge in [0.1, 0.15) is 18.1 Å². The Kier molecular flexibility index (Phi) is 4.74. The van der Waals surface area contributed by atoms with E-state index in [1.165, 1.54) is 43.2 Å². The molecule has 0 atom stereocenters. The molecule has 2 fully saturated rings. The second-order valence-electron chi connectivity index (χ2n) is 9.71. The standard InChI is InChI=1S/C27H27N5O2/c1-2-6-19(7-3-1)25-29-30-26-23-17-11-13-18(14-12-17)24(23)27(31-32(25)26)33-16-21-22(10-5-15-28-21)34-20-8-4-9-20/h1-3,5-7,10,15,17-18,20H,4,8-9,11-14,16H2. The SMILES string of the molecule is c1ccc(-c2nnc3c4c(c(OCc5ncccc5OC5CCC5)nn23)C2CCC4CC2)cc1. The second-order valence-corrected chi connectivity index (χ2v) is 9.71. The molecule has 0 N–H and O–H groups in total. The van der Waals surface area contributed by atoms with E-state index in [9.17, 15) is 0 Å². The first-order chi connectivity index (χ1) is 16.8. The minimum atomic E-state index is 0.298. The van der Waals surface area contributed by atoms with E-state index in [0.717, 1.165) is 41.3 Å². The van der Waals surface area contributed by atoms with Crippen LogP contribution in [0, 0.1) is 0 Å². The van der Waals surface area contributed by atoms with Crippen LogP contribution in [0.3, 0.4) is 0 Å². The molecule has 0 spiro atoms. The summed E-state index contributed by atoms with van der Waals surface area (Å²) in [4.78, 5) is 4.57. The highest BCUT2D eigenvalue weighted by molar-refractivity contribution is 5.65. The Morgan fingerprint density at radius 1 is 0.853 bits per heavy atom. The summed E-state index contributed by atoms with van der Waals surface area (Å²) in [7, 11) is 0. The van der Waals surface area contributed by atoms with Gasteiger partial charge in [-0.1, -0.05) is 30.3 Å². The third kappa shape index (κ3) is 3.25. The summed E-state index contributed by atoms with van der Waals surface area (Å²) in [5.41, 5.74) is 5.21. The lowest BCUT2D eigenvalue weighted by molar-refractivity contribution is 0.116. The van der Waals surface area contributed by atoms with Crippen LogP contribution in [-0.4, -0.2) is 30.9 Å². The normalized spacial score (nSPS) is 21.3. The van der Waals surface area contributed by atoms with Gasteiger partial charge in [0.2, 0.25) is 5.88 Å². The molecule has 0 unspecified atom stereocenters. The number of hydrogen-bond donors (Lipinski definition) is 0. The molecule has 34 heavy (non-hydrogen) atoms. The highest BCUT2D eigenvalue weighted by Crippen LogP contribution is 2.53. The van der Waals surface area contributed by atoms with E-state index in [-0.39, 0.29) is 0 Å². The van der Waals surface area contributed by atoms with Crippen LogP contribution in [0.15, 0.2) is 48.7 Å². The van der Waals surface area contributed by atoms with E-state index in [1.54, 1.807) is 6.20 Å². The monoisotopic (exact) mass is 453 g/mol. The van der Waals surface area contributed by atoms with E-state index >= 15 is 0 Å². The van der Waals surface area contributed by atoms with E-state index in [1.807, 2.05) is 47.0 Å². The summed E-state index contributed by atoms with van der Waals surface area (Å²) < 4.78 is 14.5. The van der Waals surface area contributed by atoms with Crippen molar-refractivity contribution in [3.8, 4) is 23.0 Å². The predicted molar refractivity (Wildman–Crippen MR) is 127 cm³/mol. The lowest BCUT2D eigenvalue weighted by Crippen LogP contribution is -2.26. The van der Waals surface area contributed by atoms with Crippen molar-refractivity contribution in [3.05, 3.63) is 65.5 Å². The van der Waals surface area contributed by atoms with Gasteiger partial charge in [0.15, 0.2) is 11.5 Å². The predicted octanol–water partition coefficient (Wildman–Crippen LogP) is 5.45. The summed E-state index contributed by atoms with van der Waals surface area (Å²) in [6.07, 6.45) is 10.3. The van der Waals surface area contributed by atoms with Crippen LogP contribution in [-0.2, 0) is 6.61 Å². The first-order valence-electron chi connectivity index (χ1n) is 12.4. The summed E-state index contributed by atoms with van der Waals surface area (Å²) in [5.74, 6) is 3.22. The lowest BCUT2D eigenvalue weighted by atomic mass is 9.67. The van der Waals surface area contributed by atoms with Crippen molar-refractivity contribution in [2.75, 3.05) is 0 Å². The van der Waals surface area contributed by atoms with Gasteiger partial charge in [-0.05, 0) is 68.9 Å². The number of fused-ring (bicyclic) bond motifs is 3. The second kappa shape index (κ2) is 8.08. The van der Waals surface area contributed by atoms with E-state index in [2.05, 4.69) is 15.2 Å².